The molecule has 9 heavy (non-hydrogen) atoms. The molecule has 0 aromatic rings. The molecule has 0 aliphatic carbocycles. The minimum Gasteiger partial charge on any atom is -0.481 e. The Bertz CT molecular complexity index is 81.1. The molecule has 0 aliphatic rings. The largest absolute Gasteiger partial charge is 0.481 e. The van der Waals surface area contributed by atoms with Gasteiger partial charge in [-0.05, 0) is 6.42 Å². The fourth-order valence-corrected chi connectivity index (χ4v) is 0.214. The Morgan fingerprint density at radius 1 is 1.89 bits per heavy atom. The summed E-state index contributed by atoms with van der Waals surface area (Å²) in [6, 6.07) is 0. The topological polar surface area (TPSA) is 37.3 Å². The van der Waals surface area contributed by atoms with E-state index in [1.165, 1.54) is 0 Å². The molecule has 0 bridgehead atoms. The lowest BCUT2D eigenvalue weighted by Crippen LogP contribution is -1.90. The molecule has 0 rings (SSSR count). The third-order valence-corrected chi connectivity index (χ3v) is 0.464. The number of carboxylic acids is 1. The number of rotatable bonds is 2. The Hall–Kier alpha value is -0.860. The highest BCUT2D eigenvalue weighted by Gasteiger charge is 1.87. The van der Waals surface area contributed by atoms with Crippen LogP contribution in [0.1, 0.15) is 19.8 Å². The molecule has 0 spiro atoms. The molecule has 0 atom stereocenters. The first-order valence-electron chi connectivity index (χ1n) is 2.61. The van der Waals surface area contributed by atoms with E-state index in [4.69, 9.17) is 5.11 Å². The van der Waals surface area contributed by atoms with Gasteiger partial charge in [-0.3, -0.25) is 4.79 Å². The van der Waals surface area contributed by atoms with Gasteiger partial charge in [0, 0.05) is 6.42 Å². The first-order valence-corrected chi connectivity index (χ1v) is 2.61. The summed E-state index contributed by atoms with van der Waals surface area (Å²) in [7, 11) is 0. The molecule has 0 aromatic carbocycles. The van der Waals surface area contributed by atoms with Gasteiger partial charge in [-0.2, -0.15) is 0 Å². The van der Waals surface area contributed by atoms with Crippen molar-refractivity contribution in [1.82, 2.24) is 0 Å². The number of carboxylic acid groups (broad SMARTS) is 1. The molecule has 0 amide bonds. The van der Waals surface area contributed by atoms with E-state index in [2.05, 4.69) is 6.58 Å². The summed E-state index contributed by atoms with van der Waals surface area (Å²) < 4.78 is 10.1. The van der Waals surface area contributed by atoms with Crippen molar-refractivity contribution in [3.05, 3.63) is 12.9 Å². The lowest BCUT2D eigenvalue weighted by Gasteiger charge is -1.79. The second-order valence-corrected chi connectivity index (χ2v) is 1.30. The highest BCUT2D eigenvalue weighted by atomic mass is 19.1. The van der Waals surface area contributed by atoms with Crippen LogP contribution in [0.3, 0.4) is 0 Å². The summed E-state index contributed by atoms with van der Waals surface area (Å²) in [5, 5.41) is 7.91. The Morgan fingerprint density at radius 2 is 2.22 bits per heavy atom. The maximum atomic E-state index is 10.1. The maximum Gasteiger partial charge on any atom is 0.303 e. The zero-order valence-electron chi connectivity index (χ0n) is 5.43. The summed E-state index contributed by atoms with van der Waals surface area (Å²) in [5.41, 5.74) is 0. The van der Waals surface area contributed by atoms with E-state index >= 15 is 0 Å². The van der Waals surface area contributed by atoms with Gasteiger partial charge in [0.2, 0.25) is 0 Å². The van der Waals surface area contributed by atoms with Crippen molar-refractivity contribution in [1.29, 1.82) is 0 Å². The van der Waals surface area contributed by atoms with Gasteiger partial charge in [-0.1, -0.05) is 13.5 Å². The van der Waals surface area contributed by atoms with E-state index in [0.717, 1.165) is 6.42 Å². The van der Waals surface area contributed by atoms with E-state index in [1.807, 2.05) is 6.92 Å². The van der Waals surface area contributed by atoms with Crippen molar-refractivity contribution < 1.29 is 14.3 Å². The molecule has 0 saturated heterocycles. The molecule has 2 nitrogen and oxygen atoms in total. The quantitative estimate of drug-likeness (QED) is 0.626. The minimum atomic E-state index is -0.711. The van der Waals surface area contributed by atoms with Gasteiger partial charge in [-0.25, -0.2) is 4.39 Å². The van der Waals surface area contributed by atoms with Gasteiger partial charge in [0.15, 0.2) is 0 Å². The summed E-state index contributed by atoms with van der Waals surface area (Å²) in [4.78, 5) is 9.60. The molecule has 0 saturated carbocycles. The monoisotopic (exact) mass is 134 g/mol. The van der Waals surface area contributed by atoms with Crippen LogP contribution in [0.25, 0.3) is 0 Å². The van der Waals surface area contributed by atoms with Crippen LogP contribution in [-0.2, 0) is 4.79 Å². The Balaban J connectivity index is 0. The molecular weight excluding hydrogens is 123 g/mol. The molecule has 54 valence electrons. The van der Waals surface area contributed by atoms with E-state index in [1.54, 1.807) is 0 Å². The maximum absolute atomic E-state index is 10.1. The predicted molar refractivity (Wildman–Crippen MR) is 33.8 cm³/mol. The van der Waals surface area contributed by atoms with Crippen molar-refractivity contribution in [3.8, 4) is 0 Å². The normalized spacial score (nSPS) is 6.89. The van der Waals surface area contributed by atoms with Gasteiger partial charge in [-0.15, -0.1) is 0 Å². The zero-order chi connectivity index (χ0) is 7.70. The lowest BCUT2D eigenvalue weighted by atomic mass is 10.4. The molecular formula is C6H11FO2. The van der Waals surface area contributed by atoms with Crippen molar-refractivity contribution in [2.75, 3.05) is 0 Å². The SMILES string of the molecule is C=CF.CCCC(=O)O. The molecule has 0 aromatic heterocycles. The fraction of sp³-hybridized carbons (Fsp3) is 0.500. The van der Waals surface area contributed by atoms with Crippen molar-refractivity contribution >= 4 is 5.97 Å². The Kier molecular flexibility index (Phi) is 12.5. The third-order valence-electron chi connectivity index (χ3n) is 0.464. The molecule has 1 N–H and O–H groups in total. The number of carbonyl (C=O) groups is 1. The highest BCUT2D eigenvalue weighted by Crippen LogP contribution is 1.82. The minimum absolute atomic E-state index is 0.250. The third kappa shape index (κ3) is 41.2. The molecule has 0 fully saturated rings. The second kappa shape index (κ2) is 10.2. The summed E-state index contributed by atoms with van der Waals surface area (Å²) in [6.07, 6.45) is 1.27. The van der Waals surface area contributed by atoms with Crippen molar-refractivity contribution in [2.45, 2.75) is 19.8 Å². The van der Waals surface area contributed by atoms with Gasteiger partial charge < -0.3 is 5.11 Å². The van der Waals surface area contributed by atoms with Gasteiger partial charge >= 0.3 is 5.97 Å². The van der Waals surface area contributed by atoms with E-state index in [0.29, 0.717) is 6.42 Å². The molecule has 3 heteroatoms. The first kappa shape index (κ1) is 11.0. The number of hydrogen-bond acceptors (Lipinski definition) is 1. The van der Waals surface area contributed by atoms with E-state index in [9.17, 15) is 9.18 Å². The van der Waals surface area contributed by atoms with Crippen LogP contribution in [0.4, 0.5) is 4.39 Å². The van der Waals surface area contributed by atoms with Crippen LogP contribution in [0.15, 0.2) is 12.9 Å². The van der Waals surface area contributed by atoms with Gasteiger partial charge in [0.05, 0.1) is 6.33 Å². The predicted octanol–water partition coefficient (Wildman–Crippen LogP) is 1.97. The van der Waals surface area contributed by atoms with E-state index in [-0.39, 0.29) is 6.33 Å². The fourth-order valence-electron chi connectivity index (χ4n) is 0.214. The average Bonchev–Trinajstić information content (AvgIpc) is 1.67. The molecule has 0 unspecified atom stereocenters. The number of hydrogen-bond donors (Lipinski definition) is 1. The van der Waals surface area contributed by atoms with Crippen molar-refractivity contribution in [2.24, 2.45) is 0 Å². The standard InChI is InChI=1S/C4H8O2.C2H3F/c1-2-3-4(5)6;1-2-3/h2-3H2,1H3,(H,5,6);2H,1H2. The molecule has 0 aliphatic heterocycles. The number of halogens is 1. The van der Waals surface area contributed by atoms with Crippen LogP contribution in [0, 0.1) is 0 Å². The summed E-state index contributed by atoms with van der Waals surface area (Å²) in [5.74, 6) is -0.711. The second-order valence-electron chi connectivity index (χ2n) is 1.30. The van der Waals surface area contributed by atoms with Crippen LogP contribution < -0.4 is 0 Å². The first-order chi connectivity index (χ1) is 4.18. The summed E-state index contributed by atoms with van der Waals surface area (Å²) >= 11 is 0. The van der Waals surface area contributed by atoms with Crippen molar-refractivity contribution in [3.63, 3.8) is 0 Å². The van der Waals surface area contributed by atoms with Crippen LogP contribution in [0.5, 0.6) is 0 Å². The average molecular weight is 134 g/mol. The zero-order valence-corrected chi connectivity index (χ0v) is 5.43. The molecule has 0 radical (unpaired) electrons. The number of aliphatic carboxylic acids is 1. The highest BCUT2D eigenvalue weighted by molar-refractivity contribution is 5.66. The van der Waals surface area contributed by atoms with Crippen LogP contribution >= 0.6 is 0 Å². The van der Waals surface area contributed by atoms with Gasteiger partial charge in [0.25, 0.3) is 0 Å². The molecule has 0 heterocycles. The summed E-state index contributed by atoms with van der Waals surface area (Å²) in [6.45, 7) is 4.54. The van der Waals surface area contributed by atoms with Crippen LogP contribution in [-0.4, -0.2) is 11.1 Å². The van der Waals surface area contributed by atoms with Crippen LogP contribution in [0.2, 0.25) is 0 Å². The van der Waals surface area contributed by atoms with E-state index < -0.39 is 5.97 Å². The lowest BCUT2D eigenvalue weighted by molar-refractivity contribution is -0.137. The van der Waals surface area contributed by atoms with Gasteiger partial charge in [0.1, 0.15) is 0 Å². The Labute approximate surface area is 54.0 Å². The Morgan fingerprint density at radius 3 is 2.22 bits per heavy atom. The smallest absolute Gasteiger partial charge is 0.303 e.